The summed E-state index contributed by atoms with van der Waals surface area (Å²) in [6, 6.07) is 4.04. The van der Waals surface area contributed by atoms with Gasteiger partial charge in [0.2, 0.25) is 0 Å². The molecule has 2 heterocycles. The Hall–Kier alpha value is -1.62. The quantitative estimate of drug-likeness (QED) is 0.902. The van der Waals surface area contributed by atoms with E-state index in [-0.39, 0.29) is 0 Å². The van der Waals surface area contributed by atoms with Crippen LogP contribution < -0.4 is 10.2 Å². The summed E-state index contributed by atoms with van der Waals surface area (Å²) in [7, 11) is 3.96. The molecule has 2 rings (SSSR count). The summed E-state index contributed by atoms with van der Waals surface area (Å²) in [5, 5.41) is 4.43. The summed E-state index contributed by atoms with van der Waals surface area (Å²) in [6.45, 7) is 2.82. The third-order valence-corrected chi connectivity index (χ3v) is 3.25. The van der Waals surface area contributed by atoms with Crippen LogP contribution in [0.1, 0.15) is 9.88 Å². The van der Waals surface area contributed by atoms with Crippen molar-refractivity contribution in [2.24, 2.45) is 0 Å². The van der Waals surface area contributed by atoms with Crippen molar-refractivity contribution in [2.75, 3.05) is 24.3 Å². The predicted octanol–water partition coefficient (Wildman–Crippen LogP) is 2.52. The van der Waals surface area contributed by atoms with E-state index in [9.17, 15) is 0 Å². The predicted molar refractivity (Wildman–Crippen MR) is 72.7 cm³/mol. The maximum Gasteiger partial charge on any atom is 0.128 e. The highest BCUT2D eigenvalue weighted by atomic mass is 32.1. The van der Waals surface area contributed by atoms with E-state index in [4.69, 9.17) is 0 Å². The molecule has 0 aliphatic rings. The molecule has 4 nitrogen and oxygen atoms in total. The van der Waals surface area contributed by atoms with Crippen LogP contribution in [0, 0.1) is 6.92 Å². The Balaban J connectivity index is 1.95. The molecule has 0 aromatic carbocycles. The van der Waals surface area contributed by atoms with Crippen LogP contribution in [0.4, 0.5) is 11.5 Å². The zero-order chi connectivity index (χ0) is 12.3. The van der Waals surface area contributed by atoms with Gasteiger partial charge < -0.3 is 10.2 Å². The molecular formula is C12H16N4S. The number of aromatic nitrogens is 2. The van der Waals surface area contributed by atoms with Crippen molar-refractivity contribution in [2.45, 2.75) is 13.5 Å². The van der Waals surface area contributed by atoms with E-state index in [0.717, 1.165) is 23.1 Å². The van der Waals surface area contributed by atoms with E-state index in [2.05, 4.69) is 15.3 Å². The van der Waals surface area contributed by atoms with Crippen molar-refractivity contribution in [3.8, 4) is 0 Å². The van der Waals surface area contributed by atoms with Gasteiger partial charge in [-0.25, -0.2) is 9.97 Å². The molecule has 0 saturated carbocycles. The maximum atomic E-state index is 4.35. The second kappa shape index (κ2) is 5.14. The first kappa shape index (κ1) is 11.9. The average Bonchev–Trinajstić information content (AvgIpc) is 2.73. The lowest BCUT2D eigenvalue weighted by Gasteiger charge is -2.11. The maximum absolute atomic E-state index is 4.35. The van der Waals surface area contributed by atoms with Crippen LogP contribution in [0.15, 0.2) is 24.5 Å². The van der Waals surface area contributed by atoms with Crippen molar-refractivity contribution in [1.29, 1.82) is 0 Å². The number of anilines is 2. The fraction of sp³-hybridized carbons (Fsp3) is 0.333. The summed E-state index contributed by atoms with van der Waals surface area (Å²) < 4.78 is 0. The zero-order valence-electron chi connectivity index (χ0n) is 10.3. The SMILES string of the molecule is Cc1ncc(CNc2ccc(N(C)C)nc2)s1. The van der Waals surface area contributed by atoms with E-state index >= 15 is 0 Å². The van der Waals surface area contributed by atoms with Crippen LogP contribution in [0.25, 0.3) is 0 Å². The molecule has 0 unspecified atom stereocenters. The lowest BCUT2D eigenvalue weighted by molar-refractivity contribution is 1.06. The van der Waals surface area contributed by atoms with Crippen molar-refractivity contribution in [3.05, 3.63) is 34.4 Å². The fourth-order valence-electron chi connectivity index (χ4n) is 1.43. The summed E-state index contributed by atoms with van der Waals surface area (Å²) in [5.74, 6) is 0.962. The van der Waals surface area contributed by atoms with E-state index < -0.39 is 0 Å². The van der Waals surface area contributed by atoms with E-state index in [0.29, 0.717) is 0 Å². The molecule has 17 heavy (non-hydrogen) atoms. The van der Waals surface area contributed by atoms with Gasteiger partial charge >= 0.3 is 0 Å². The molecule has 0 fully saturated rings. The molecule has 1 N–H and O–H groups in total. The van der Waals surface area contributed by atoms with E-state index in [1.165, 1.54) is 4.88 Å². The number of nitrogens with zero attached hydrogens (tertiary/aromatic N) is 3. The Labute approximate surface area is 105 Å². The number of hydrogen-bond donors (Lipinski definition) is 1. The number of hydrogen-bond acceptors (Lipinski definition) is 5. The van der Waals surface area contributed by atoms with Crippen molar-refractivity contribution in [1.82, 2.24) is 9.97 Å². The Morgan fingerprint density at radius 3 is 2.59 bits per heavy atom. The molecule has 90 valence electrons. The lowest BCUT2D eigenvalue weighted by Crippen LogP contribution is -2.10. The minimum atomic E-state index is 0.800. The Morgan fingerprint density at radius 2 is 2.06 bits per heavy atom. The number of pyridine rings is 1. The van der Waals surface area contributed by atoms with Crippen molar-refractivity contribution < 1.29 is 0 Å². The van der Waals surface area contributed by atoms with Crippen molar-refractivity contribution in [3.63, 3.8) is 0 Å². The van der Waals surface area contributed by atoms with Gasteiger partial charge in [0.15, 0.2) is 0 Å². The van der Waals surface area contributed by atoms with Crippen LogP contribution in [0.2, 0.25) is 0 Å². The Bertz CT molecular complexity index is 476. The van der Waals surface area contributed by atoms with Gasteiger partial charge in [-0.3, -0.25) is 0 Å². The van der Waals surface area contributed by atoms with E-state index in [1.54, 1.807) is 11.3 Å². The highest BCUT2D eigenvalue weighted by molar-refractivity contribution is 7.11. The third-order valence-electron chi connectivity index (χ3n) is 2.34. The van der Waals surface area contributed by atoms with Gasteiger partial charge in [-0.1, -0.05) is 0 Å². The van der Waals surface area contributed by atoms with Gasteiger partial charge in [0.25, 0.3) is 0 Å². The second-order valence-electron chi connectivity index (χ2n) is 4.00. The summed E-state index contributed by atoms with van der Waals surface area (Å²) in [5.41, 5.74) is 1.03. The molecule has 0 radical (unpaired) electrons. The normalized spacial score (nSPS) is 10.3. The van der Waals surface area contributed by atoms with Gasteiger partial charge in [0, 0.05) is 25.2 Å². The fourth-order valence-corrected chi connectivity index (χ4v) is 2.17. The smallest absolute Gasteiger partial charge is 0.128 e. The highest BCUT2D eigenvalue weighted by Crippen LogP contribution is 2.15. The molecule has 0 spiro atoms. The molecule has 2 aromatic rings. The van der Waals surface area contributed by atoms with Crippen LogP contribution in [0.3, 0.4) is 0 Å². The first-order valence-electron chi connectivity index (χ1n) is 5.44. The average molecular weight is 248 g/mol. The lowest BCUT2D eigenvalue weighted by atomic mass is 10.4. The number of aryl methyl sites for hydroxylation is 1. The molecule has 0 saturated heterocycles. The second-order valence-corrected chi connectivity index (χ2v) is 5.32. The first-order valence-corrected chi connectivity index (χ1v) is 6.25. The third kappa shape index (κ3) is 3.17. The standard InChI is InChI=1S/C12H16N4S/c1-9-13-7-11(17-9)8-14-10-4-5-12(15-6-10)16(2)3/h4-7,14H,8H2,1-3H3. The van der Waals surface area contributed by atoms with Crippen LogP contribution in [-0.2, 0) is 6.54 Å². The van der Waals surface area contributed by atoms with Crippen LogP contribution in [-0.4, -0.2) is 24.1 Å². The number of thiazole rings is 1. The highest BCUT2D eigenvalue weighted by Gasteiger charge is 2.00. The molecule has 0 atom stereocenters. The largest absolute Gasteiger partial charge is 0.379 e. The monoisotopic (exact) mass is 248 g/mol. The zero-order valence-corrected chi connectivity index (χ0v) is 11.1. The molecular weight excluding hydrogens is 232 g/mol. The Kier molecular flexibility index (Phi) is 3.58. The Morgan fingerprint density at radius 1 is 1.24 bits per heavy atom. The van der Waals surface area contributed by atoms with Crippen LogP contribution in [0.5, 0.6) is 0 Å². The van der Waals surface area contributed by atoms with Gasteiger partial charge in [0.1, 0.15) is 5.82 Å². The van der Waals surface area contributed by atoms with E-state index in [1.807, 2.05) is 50.4 Å². The van der Waals surface area contributed by atoms with Crippen molar-refractivity contribution >= 4 is 22.8 Å². The van der Waals surface area contributed by atoms with Gasteiger partial charge in [0.05, 0.1) is 23.4 Å². The van der Waals surface area contributed by atoms with Gasteiger partial charge in [-0.2, -0.15) is 0 Å². The summed E-state index contributed by atoms with van der Waals surface area (Å²) >= 11 is 1.71. The molecule has 5 heteroatoms. The summed E-state index contributed by atoms with van der Waals surface area (Å²) in [4.78, 5) is 11.8. The van der Waals surface area contributed by atoms with Gasteiger partial charge in [-0.05, 0) is 19.1 Å². The minimum absolute atomic E-state index is 0.800. The minimum Gasteiger partial charge on any atom is -0.379 e. The first-order chi connectivity index (χ1) is 8.15. The van der Waals surface area contributed by atoms with Gasteiger partial charge in [-0.15, -0.1) is 11.3 Å². The molecule has 0 bridgehead atoms. The molecule has 2 aromatic heterocycles. The van der Waals surface area contributed by atoms with Crippen LogP contribution >= 0.6 is 11.3 Å². The number of nitrogens with one attached hydrogen (secondary N) is 1. The topological polar surface area (TPSA) is 41.1 Å². The molecule has 0 aliphatic carbocycles. The molecule has 0 aliphatic heterocycles. The molecule has 0 amide bonds. The number of rotatable bonds is 4. The summed E-state index contributed by atoms with van der Waals surface area (Å²) in [6.07, 6.45) is 3.76.